The van der Waals surface area contributed by atoms with Crippen LogP contribution in [0.4, 0.5) is 13.2 Å². The molecule has 4 aromatic rings. The van der Waals surface area contributed by atoms with Gasteiger partial charge in [-0.25, -0.2) is 4.79 Å². The molecule has 0 aliphatic carbocycles. The van der Waals surface area contributed by atoms with Gasteiger partial charge in [-0.15, -0.1) is 22.0 Å². The van der Waals surface area contributed by atoms with Crippen LogP contribution in [0.2, 0.25) is 0 Å². The predicted molar refractivity (Wildman–Crippen MR) is 98.6 cm³/mol. The molecule has 3 aromatic heterocycles. The molecule has 28 heavy (non-hydrogen) atoms. The van der Waals surface area contributed by atoms with Crippen molar-refractivity contribution in [2.45, 2.75) is 16.8 Å². The number of halogens is 3. The van der Waals surface area contributed by atoms with Crippen molar-refractivity contribution in [1.82, 2.24) is 23.7 Å². The third-order valence-corrected chi connectivity index (χ3v) is 5.26. The van der Waals surface area contributed by atoms with Crippen molar-refractivity contribution in [2.75, 3.05) is 0 Å². The maximum atomic E-state index is 13.3. The number of fused-ring (bicyclic) bond motifs is 1. The summed E-state index contributed by atoms with van der Waals surface area (Å²) in [6.45, 7) is 0. The second-order valence-electron chi connectivity index (χ2n) is 6.10. The van der Waals surface area contributed by atoms with Gasteiger partial charge in [-0.2, -0.15) is 13.2 Å². The molecule has 0 spiro atoms. The van der Waals surface area contributed by atoms with Gasteiger partial charge in [-0.1, -0.05) is 6.07 Å². The van der Waals surface area contributed by atoms with Crippen molar-refractivity contribution < 1.29 is 13.2 Å². The fraction of sp³-hybridized carbons (Fsp3) is 0.167. The number of hydrogen-bond donors (Lipinski definition) is 0. The van der Waals surface area contributed by atoms with Crippen LogP contribution in [-0.4, -0.2) is 23.7 Å². The highest BCUT2D eigenvalue weighted by molar-refractivity contribution is 7.98. The Morgan fingerprint density at radius 3 is 2.71 bits per heavy atom. The monoisotopic (exact) mass is 405 g/mol. The summed E-state index contributed by atoms with van der Waals surface area (Å²) in [6, 6.07) is 9.25. The minimum Gasteiger partial charge on any atom is -0.320 e. The fourth-order valence-electron chi connectivity index (χ4n) is 2.85. The van der Waals surface area contributed by atoms with Gasteiger partial charge in [0.1, 0.15) is 12.2 Å². The quantitative estimate of drug-likeness (QED) is 0.488. The van der Waals surface area contributed by atoms with Crippen LogP contribution in [0.3, 0.4) is 0 Å². The molecule has 4 rings (SSSR count). The van der Waals surface area contributed by atoms with Gasteiger partial charge < -0.3 is 4.57 Å². The molecule has 0 aliphatic heterocycles. The predicted octanol–water partition coefficient (Wildman–Crippen LogP) is 3.53. The zero-order valence-corrected chi connectivity index (χ0v) is 15.4. The van der Waals surface area contributed by atoms with E-state index in [4.69, 9.17) is 0 Å². The van der Waals surface area contributed by atoms with E-state index in [1.54, 1.807) is 29.1 Å². The number of alkyl halides is 3. The van der Waals surface area contributed by atoms with E-state index in [9.17, 15) is 18.0 Å². The number of nitrogens with zero attached hydrogens (tertiary/aromatic N) is 5. The molecule has 0 fully saturated rings. The van der Waals surface area contributed by atoms with Crippen LogP contribution in [0, 0.1) is 0 Å². The molecule has 6 nitrogen and oxygen atoms in total. The summed E-state index contributed by atoms with van der Waals surface area (Å²) in [5, 5.41) is 7.84. The van der Waals surface area contributed by atoms with Gasteiger partial charge in [0.25, 0.3) is 0 Å². The summed E-state index contributed by atoms with van der Waals surface area (Å²) in [6.07, 6.45) is -0.385. The van der Waals surface area contributed by atoms with Crippen LogP contribution in [0.15, 0.2) is 64.8 Å². The van der Waals surface area contributed by atoms with Crippen molar-refractivity contribution in [3.63, 3.8) is 0 Å². The average molecular weight is 405 g/mol. The first-order valence-corrected chi connectivity index (χ1v) is 9.19. The first-order chi connectivity index (χ1) is 13.3. The van der Waals surface area contributed by atoms with Gasteiger partial charge in [0.05, 0.1) is 22.5 Å². The second-order valence-corrected chi connectivity index (χ2v) is 7.15. The van der Waals surface area contributed by atoms with Crippen molar-refractivity contribution in [1.29, 1.82) is 0 Å². The lowest BCUT2D eigenvalue weighted by molar-refractivity contribution is -0.136. The van der Waals surface area contributed by atoms with Crippen molar-refractivity contribution >= 4 is 17.3 Å². The molecule has 0 N–H and O–H groups in total. The Morgan fingerprint density at radius 2 is 2.00 bits per heavy atom. The van der Waals surface area contributed by atoms with E-state index < -0.39 is 17.4 Å². The van der Waals surface area contributed by atoms with E-state index in [1.807, 2.05) is 13.1 Å². The van der Waals surface area contributed by atoms with Gasteiger partial charge in [0.2, 0.25) is 0 Å². The number of hydrogen-bond acceptors (Lipinski definition) is 4. The van der Waals surface area contributed by atoms with Crippen molar-refractivity contribution in [2.24, 2.45) is 7.05 Å². The Bertz CT molecular complexity index is 1210. The zero-order valence-electron chi connectivity index (χ0n) is 14.6. The SMILES string of the molecule is Cn1cnnc1CSc1cccc(-n2cc3c(C(F)(F)F)cccn3c2=O)c1. The Hall–Kier alpha value is -3.01. The lowest BCUT2D eigenvalue weighted by Crippen LogP contribution is -2.18. The van der Waals surface area contributed by atoms with E-state index in [-0.39, 0.29) is 5.52 Å². The summed E-state index contributed by atoms with van der Waals surface area (Å²) in [7, 11) is 1.84. The molecule has 3 heterocycles. The standard InChI is InChI=1S/C18H14F3N5OS/c1-24-11-22-23-16(24)10-28-13-5-2-4-12(8-13)26-9-15-14(18(19,20)21)6-3-7-25(15)17(26)27/h2-9,11H,10H2,1H3. The molecule has 1 aromatic carbocycles. The minimum atomic E-state index is -4.54. The molecule has 0 bridgehead atoms. The number of pyridine rings is 1. The number of benzene rings is 1. The molecule has 0 radical (unpaired) electrons. The Kier molecular flexibility index (Phi) is 4.50. The topological polar surface area (TPSA) is 57.1 Å². The number of thioether (sulfide) groups is 1. The smallest absolute Gasteiger partial charge is 0.320 e. The Balaban J connectivity index is 1.71. The third-order valence-electron chi connectivity index (χ3n) is 4.27. The summed E-state index contributed by atoms with van der Waals surface area (Å²) in [5.41, 5.74) is -1.10. The lowest BCUT2D eigenvalue weighted by atomic mass is 10.2. The molecule has 144 valence electrons. The number of aryl methyl sites for hydroxylation is 1. The largest absolute Gasteiger partial charge is 0.418 e. The normalized spacial score (nSPS) is 12.0. The molecule has 0 saturated heterocycles. The maximum absolute atomic E-state index is 13.3. The molecule has 0 atom stereocenters. The van der Waals surface area contributed by atoms with Crippen LogP contribution in [0.1, 0.15) is 11.4 Å². The number of imidazole rings is 1. The zero-order chi connectivity index (χ0) is 19.9. The molecule has 0 aliphatic rings. The first-order valence-electron chi connectivity index (χ1n) is 8.20. The van der Waals surface area contributed by atoms with Crippen LogP contribution in [0.25, 0.3) is 11.2 Å². The van der Waals surface area contributed by atoms with E-state index >= 15 is 0 Å². The number of aromatic nitrogens is 5. The first kappa shape index (κ1) is 18.4. The summed E-state index contributed by atoms with van der Waals surface area (Å²) in [4.78, 5) is 13.5. The highest BCUT2D eigenvalue weighted by Crippen LogP contribution is 2.32. The summed E-state index contributed by atoms with van der Waals surface area (Å²) < 4.78 is 43.8. The van der Waals surface area contributed by atoms with Gasteiger partial charge in [-0.3, -0.25) is 8.97 Å². The Labute approximate surface area is 161 Å². The van der Waals surface area contributed by atoms with Crippen LogP contribution < -0.4 is 5.69 Å². The molecule has 10 heteroatoms. The van der Waals surface area contributed by atoms with Crippen LogP contribution >= 0.6 is 11.8 Å². The van der Waals surface area contributed by atoms with Crippen molar-refractivity contribution in [3.05, 3.63) is 77.0 Å². The number of rotatable bonds is 4. The van der Waals surface area contributed by atoms with Crippen LogP contribution in [0.5, 0.6) is 0 Å². The van der Waals surface area contributed by atoms with Crippen LogP contribution in [-0.2, 0) is 19.0 Å². The summed E-state index contributed by atoms with van der Waals surface area (Å²) in [5.74, 6) is 1.36. The van der Waals surface area contributed by atoms with Gasteiger partial charge >= 0.3 is 11.9 Å². The van der Waals surface area contributed by atoms with E-state index in [0.717, 1.165) is 21.2 Å². The van der Waals surface area contributed by atoms with E-state index in [1.165, 1.54) is 34.8 Å². The third kappa shape index (κ3) is 3.31. The minimum absolute atomic E-state index is 0.183. The fourth-order valence-corrected chi connectivity index (χ4v) is 3.78. The highest BCUT2D eigenvalue weighted by Gasteiger charge is 2.33. The van der Waals surface area contributed by atoms with Gasteiger partial charge in [-0.05, 0) is 30.3 Å². The lowest BCUT2D eigenvalue weighted by Gasteiger charge is -2.07. The highest BCUT2D eigenvalue weighted by atomic mass is 32.2. The average Bonchev–Trinajstić information content (AvgIpc) is 3.22. The molecule has 0 unspecified atom stereocenters. The van der Waals surface area contributed by atoms with E-state index in [0.29, 0.717) is 11.4 Å². The Morgan fingerprint density at radius 1 is 1.18 bits per heavy atom. The molecular weight excluding hydrogens is 391 g/mol. The molecule has 0 saturated carbocycles. The molecular formula is C18H14F3N5OS. The van der Waals surface area contributed by atoms with E-state index in [2.05, 4.69) is 10.2 Å². The van der Waals surface area contributed by atoms with Gasteiger partial charge in [0, 0.05) is 24.3 Å². The second kappa shape index (κ2) is 6.86. The van der Waals surface area contributed by atoms with Gasteiger partial charge in [0.15, 0.2) is 0 Å². The van der Waals surface area contributed by atoms with Crippen molar-refractivity contribution in [3.8, 4) is 5.69 Å². The summed E-state index contributed by atoms with van der Waals surface area (Å²) >= 11 is 1.50. The molecule has 0 amide bonds. The maximum Gasteiger partial charge on any atom is 0.418 e.